The standard InChI is InChI=1S/C17H13N5O2S2/c1-2-5-11(6-3-1)14-18-20-16-22(14)12(9-25-16)10-26-17-21-19-15(24-17)13-7-4-8-23-13/h1-8,12H,9-10H2/t12-/m1/s1. The Hall–Kier alpha value is -2.52. The topological polar surface area (TPSA) is 82.8 Å². The SMILES string of the molecule is c1ccc(-c2nnc3n2[C@@H](CSc2nnc(-c4ccco4)o2)CS3)cc1. The van der Waals surface area contributed by atoms with Gasteiger partial charge in [-0.3, -0.25) is 4.57 Å². The Kier molecular flexibility index (Phi) is 4.02. The molecule has 0 aliphatic carbocycles. The molecule has 9 heteroatoms. The van der Waals surface area contributed by atoms with E-state index in [9.17, 15) is 0 Å². The summed E-state index contributed by atoms with van der Waals surface area (Å²) in [5, 5.41) is 18.3. The summed E-state index contributed by atoms with van der Waals surface area (Å²) in [5.41, 5.74) is 1.07. The van der Waals surface area contributed by atoms with E-state index in [4.69, 9.17) is 8.83 Å². The van der Waals surface area contributed by atoms with Crippen LogP contribution in [0, 0.1) is 0 Å². The van der Waals surface area contributed by atoms with E-state index < -0.39 is 0 Å². The highest BCUT2D eigenvalue weighted by molar-refractivity contribution is 8.00. The maximum Gasteiger partial charge on any atom is 0.284 e. The third-order valence-corrected chi connectivity index (χ3v) is 6.06. The monoisotopic (exact) mass is 383 g/mol. The molecule has 0 N–H and O–H groups in total. The normalized spacial score (nSPS) is 16.1. The highest BCUT2D eigenvalue weighted by Crippen LogP contribution is 2.38. The van der Waals surface area contributed by atoms with Gasteiger partial charge in [0.1, 0.15) is 0 Å². The van der Waals surface area contributed by atoms with Crippen molar-refractivity contribution in [1.29, 1.82) is 0 Å². The molecular weight excluding hydrogens is 370 g/mol. The highest BCUT2D eigenvalue weighted by Gasteiger charge is 2.29. The van der Waals surface area contributed by atoms with Crippen molar-refractivity contribution in [2.75, 3.05) is 11.5 Å². The minimum Gasteiger partial charge on any atom is -0.459 e. The zero-order valence-corrected chi connectivity index (χ0v) is 15.1. The van der Waals surface area contributed by atoms with E-state index in [1.165, 1.54) is 11.8 Å². The van der Waals surface area contributed by atoms with Crippen LogP contribution >= 0.6 is 23.5 Å². The van der Waals surface area contributed by atoms with Crippen LogP contribution in [0.1, 0.15) is 6.04 Å². The predicted molar refractivity (Wildman–Crippen MR) is 97.9 cm³/mol. The maximum atomic E-state index is 5.67. The molecule has 0 fully saturated rings. The molecule has 7 nitrogen and oxygen atoms in total. The van der Waals surface area contributed by atoms with Crippen molar-refractivity contribution < 1.29 is 8.83 Å². The Labute approximate surface area is 157 Å². The van der Waals surface area contributed by atoms with Gasteiger partial charge in [0.15, 0.2) is 16.7 Å². The molecule has 3 aromatic heterocycles. The van der Waals surface area contributed by atoms with E-state index in [1.54, 1.807) is 30.2 Å². The van der Waals surface area contributed by atoms with E-state index in [0.717, 1.165) is 28.0 Å². The lowest BCUT2D eigenvalue weighted by molar-refractivity contribution is 0.446. The Balaban J connectivity index is 1.34. The average Bonchev–Trinajstić information content (AvgIpc) is 3.45. The Bertz CT molecular complexity index is 1010. The molecule has 1 aliphatic rings. The van der Waals surface area contributed by atoms with E-state index in [1.807, 2.05) is 18.2 Å². The molecule has 4 aromatic rings. The van der Waals surface area contributed by atoms with Crippen LogP contribution in [0.25, 0.3) is 23.0 Å². The van der Waals surface area contributed by atoms with Gasteiger partial charge in [-0.2, -0.15) is 0 Å². The first kappa shape index (κ1) is 15.7. The van der Waals surface area contributed by atoms with Gasteiger partial charge in [-0.05, 0) is 12.1 Å². The van der Waals surface area contributed by atoms with Crippen LogP contribution in [0.4, 0.5) is 0 Å². The summed E-state index contributed by atoms with van der Waals surface area (Å²) >= 11 is 3.26. The molecule has 0 saturated heterocycles. The highest BCUT2D eigenvalue weighted by atomic mass is 32.2. The van der Waals surface area contributed by atoms with Gasteiger partial charge in [-0.15, -0.1) is 20.4 Å². The Morgan fingerprint density at radius 2 is 2.00 bits per heavy atom. The van der Waals surface area contributed by atoms with Crippen LogP contribution in [0.15, 0.2) is 67.9 Å². The van der Waals surface area contributed by atoms with Crippen molar-refractivity contribution in [2.24, 2.45) is 0 Å². The van der Waals surface area contributed by atoms with Gasteiger partial charge >= 0.3 is 0 Å². The number of rotatable bonds is 5. The number of nitrogens with zero attached hydrogens (tertiary/aromatic N) is 5. The first-order valence-electron chi connectivity index (χ1n) is 8.02. The molecule has 0 bridgehead atoms. The lowest BCUT2D eigenvalue weighted by atomic mass is 10.2. The number of hydrogen-bond acceptors (Lipinski definition) is 8. The summed E-state index contributed by atoms with van der Waals surface area (Å²) < 4.78 is 13.2. The molecule has 0 radical (unpaired) electrons. The van der Waals surface area contributed by atoms with Gasteiger partial charge in [0.2, 0.25) is 0 Å². The molecule has 130 valence electrons. The summed E-state index contributed by atoms with van der Waals surface area (Å²) in [6.07, 6.45) is 1.58. The summed E-state index contributed by atoms with van der Waals surface area (Å²) in [4.78, 5) is 0. The zero-order chi connectivity index (χ0) is 17.3. The molecule has 1 atom stereocenters. The lowest BCUT2D eigenvalue weighted by Crippen LogP contribution is -2.11. The molecule has 0 spiro atoms. The fraction of sp³-hybridized carbons (Fsp3) is 0.176. The van der Waals surface area contributed by atoms with Crippen molar-refractivity contribution in [3.05, 3.63) is 48.7 Å². The molecule has 5 rings (SSSR count). The summed E-state index contributed by atoms with van der Waals surface area (Å²) in [6.45, 7) is 0. The summed E-state index contributed by atoms with van der Waals surface area (Å²) in [7, 11) is 0. The molecule has 0 saturated carbocycles. The van der Waals surface area contributed by atoms with Gasteiger partial charge in [-0.25, -0.2) is 0 Å². The lowest BCUT2D eigenvalue weighted by Gasteiger charge is -2.13. The van der Waals surface area contributed by atoms with Crippen LogP contribution in [0.2, 0.25) is 0 Å². The Morgan fingerprint density at radius 1 is 1.08 bits per heavy atom. The molecule has 1 aliphatic heterocycles. The predicted octanol–water partition coefficient (Wildman–Crippen LogP) is 4.03. The van der Waals surface area contributed by atoms with Crippen molar-refractivity contribution in [1.82, 2.24) is 25.0 Å². The van der Waals surface area contributed by atoms with E-state index in [2.05, 4.69) is 37.1 Å². The average molecular weight is 383 g/mol. The van der Waals surface area contributed by atoms with Gasteiger partial charge in [0.25, 0.3) is 11.1 Å². The second kappa shape index (κ2) is 6.65. The van der Waals surface area contributed by atoms with Gasteiger partial charge in [-0.1, -0.05) is 53.9 Å². The van der Waals surface area contributed by atoms with Crippen LogP contribution in [0.3, 0.4) is 0 Å². The molecule has 1 aromatic carbocycles. The van der Waals surface area contributed by atoms with Crippen LogP contribution in [0.5, 0.6) is 0 Å². The van der Waals surface area contributed by atoms with Crippen LogP contribution < -0.4 is 0 Å². The largest absolute Gasteiger partial charge is 0.459 e. The molecular formula is C17H13N5O2S2. The fourth-order valence-electron chi connectivity index (χ4n) is 2.79. The summed E-state index contributed by atoms with van der Waals surface area (Å²) in [5.74, 6) is 3.63. The number of thioether (sulfide) groups is 2. The second-order valence-electron chi connectivity index (χ2n) is 5.67. The van der Waals surface area contributed by atoms with Crippen molar-refractivity contribution in [3.63, 3.8) is 0 Å². The van der Waals surface area contributed by atoms with Crippen LogP contribution in [-0.4, -0.2) is 36.5 Å². The van der Waals surface area contributed by atoms with E-state index in [-0.39, 0.29) is 6.04 Å². The smallest absolute Gasteiger partial charge is 0.284 e. The molecule has 26 heavy (non-hydrogen) atoms. The number of furan rings is 1. The Morgan fingerprint density at radius 3 is 2.85 bits per heavy atom. The molecule has 0 unspecified atom stereocenters. The number of aromatic nitrogens is 5. The molecule has 4 heterocycles. The number of benzene rings is 1. The quantitative estimate of drug-likeness (QED) is 0.478. The first-order valence-corrected chi connectivity index (χ1v) is 9.99. The van der Waals surface area contributed by atoms with Crippen molar-refractivity contribution in [2.45, 2.75) is 16.4 Å². The molecule has 0 amide bonds. The number of hydrogen-bond donors (Lipinski definition) is 0. The third-order valence-electron chi connectivity index (χ3n) is 4.00. The van der Waals surface area contributed by atoms with Crippen LogP contribution in [-0.2, 0) is 0 Å². The van der Waals surface area contributed by atoms with E-state index in [0.29, 0.717) is 16.9 Å². The zero-order valence-electron chi connectivity index (χ0n) is 13.5. The van der Waals surface area contributed by atoms with Gasteiger partial charge in [0, 0.05) is 17.1 Å². The summed E-state index contributed by atoms with van der Waals surface area (Å²) in [6, 6.07) is 14.0. The van der Waals surface area contributed by atoms with Gasteiger partial charge in [0.05, 0.1) is 12.3 Å². The van der Waals surface area contributed by atoms with Crippen molar-refractivity contribution >= 4 is 23.5 Å². The minimum atomic E-state index is 0.268. The third kappa shape index (κ3) is 2.82. The maximum absolute atomic E-state index is 5.67. The minimum absolute atomic E-state index is 0.268. The van der Waals surface area contributed by atoms with Gasteiger partial charge < -0.3 is 8.83 Å². The second-order valence-corrected chi connectivity index (χ2v) is 7.63. The first-order chi connectivity index (χ1) is 12.9. The fourth-order valence-corrected chi connectivity index (χ4v) is 4.86. The number of fused-ring (bicyclic) bond motifs is 1. The van der Waals surface area contributed by atoms with Crippen molar-refractivity contribution in [3.8, 4) is 23.0 Å². The van der Waals surface area contributed by atoms with E-state index >= 15 is 0 Å².